The third kappa shape index (κ3) is 2.24. The van der Waals surface area contributed by atoms with Crippen LogP contribution >= 0.6 is 11.6 Å². The maximum absolute atomic E-state index is 13.8. The second-order valence-corrected chi connectivity index (χ2v) is 9.38. The van der Waals surface area contributed by atoms with Crippen molar-refractivity contribution in [2.24, 2.45) is 11.8 Å². The normalized spacial score (nSPS) is 31.4. The second-order valence-electron chi connectivity index (χ2n) is 8.97. The molecule has 2 aromatic rings. The molecule has 3 amide bonds. The summed E-state index contributed by atoms with van der Waals surface area (Å²) in [4.78, 5) is 44.5. The fourth-order valence-corrected chi connectivity index (χ4v) is 6.53. The number of halogens is 1. The molecule has 7 heteroatoms. The standard InChI is InChI=1S/C24H22ClN3O3/c1-13-16(25)10-9-15-20(13)26-23(31)24(15)19-18(17-8-5-11-28(17)24)21(29)27(22(19)30)12-14-6-3-2-4-7-14/h2-4,6-7,9-10,17-19H,5,8,11-12H2,1H3,(H,26,31)/t17-,18+,19+,24+/m1/s1. The van der Waals surface area contributed by atoms with E-state index in [1.165, 1.54) is 4.90 Å². The third-order valence-corrected chi connectivity index (χ3v) is 8.05. The number of rotatable bonds is 2. The van der Waals surface area contributed by atoms with Gasteiger partial charge in [-0.2, -0.15) is 0 Å². The van der Waals surface area contributed by atoms with Crippen molar-refractivity contribution in [3.8, 4) is 0 Å². The second kappa shape index (κ2) is 6.40. The van der Waals surface area contributed by atoms with Crippen LogP contribution in [-0.4, -0.2) is 40.1 Å². The molecular weight excluding hydrogens is 414 g/mol. The minimum atomic E-state index is -1.14. The first-order valence-electron chi connectivity index (χ1n) is 10.7. The Kier molecular flexibility index (Phi) is 3.93. The van der Waals surface area contributed by atoms with Crippen molar-refractivity contribution in [3.05, 3.63) is 64.2 Å². The Hall–Kier alpha value is -2.70. The number of imide groups is 1. The lowest BCUT2D eigenvalue weighted by Gasteiger charge is -2.36. The zero-order chi connectivity index (χ0) is 21.5. The molecule has 0 unspecified atom stereocenters. The zero-order valence-electron chi connectivity index (χ0n) is 17.1. The molecule has 158 valence electrons. The molecule has 6 nitrogen and oxygen atoms in total. The molecule has 0 aromatic heterocycles. The smallest absolute Gasteiger partial charge is 0.250 e. The van der Waals surface area contributed by atoms with E-state index in [1.54, 1.807) is 6.07 Å². The van der Waals surface area contributed by atoms with Gasteiger partial charge in [-0.05, 0) is 43.5 Å². The number of anilines is 1. The average molecular weight is 436 g/mol. The molecule has 4 heterocycles. The van der Waals surface area contributed by atoms with Crippen molar-refractivity contribution in [1.29, 1.82) is 0 Å². The van der Waals surface area contributed by atoms with Gasteiger partial charge in [0.05, 0.1) is 24.1 Å². The van der Waals surface area contributed by atoms with Gasteiger partial charge in [0, 0.05) is 16.6 Å². The van der Waals surface area contributed by atoms with Crippen LogP contribution in [-0.2, 0) is 26.5 Å². The molecule has 6 rings (SSSR count). The molecule has 2 aromatic carbocycles. The van der Waals surface area contributed by atoms with E-state index in [4.69, 9.17) is 11.6 Å². The number of carbonyl (C=O) groups is 3. The first kappa shape index (κ1) is 19.0. The lowest BCUT2D eigenvalue weighted by molar-refractivity contribution is -0.146. The van der Waals surface area contributed by atoms with Gasteiger partial charge in [0.2, 0.25) is 17.7 Å². The van der Waals surface area contributed by atoms with Crippen LogP contribution in [0, 0.1) is 18.8 Å². The Balaban J connectivity index is 1.51. The first-order chi connectivity index (χ1) is 15.0. The number of hydrogen-bond donors (Lipinski definition) is 1. The molecule has 0 aliphatic carbocycles. The monoisotopic (exact) mass is 435 g/mol. The average Bonchev–Trinajstić information content (AvgIpc) is 3.47. The van der Waals surface area contributed by atoms with E-state index in [9.17, 15) is 14.4 Å². The summed E-state index contributed by atoms with van der Waals surface area (Å²) in [5.74, 6) is -1.82. The minimum Gasteiger partial charge on any atom is -0.324 e. The van der Waals surface area contributed by atoms with Crippen LogP contribution in [0.2, 0.25) is 5.02 Å². The summed E-state index contributed by atoms with van der Waals surface area (Å²) in [6.07, 6.45) is 1.72. The number of fused-ring (bicyclic) bond motifs is 7. The van der Waals surface area contributed by atoms with Crippen molar-refractivity contribution in [2.75, 3.05) is 11.9 Å². The van der Waals surface area contributed by atoms with Crippen LogP contribution in [0.3, 0.4) is 0 Å². The molecule has 0 bridgehead atoms. The van der Waals surface area contributed by atoms with E-state index >= 15 is 0 Å². The highest BCUT2D eigenvalue weighted by atomic mass is 35.5. The van der Waals surface area contributed by atoms with Gasteiger partial charge in [0.15, 0.2) is 0 Å². The van der Waals surface area contributed by atoms with Crippen LogP contribution in [0.5, 0.6) is 0 Å². The van der Waals surface area contributed by atoms with Gasteiger partial charge in [-0.15, -0.1) is 0 Å². The summed E-state index contributed by atoms with van der Waals surface area (Å²) in [6.45, 7) is 2.81. The summed E-state index contributed by atoms with van der Waals surface area (Å²) >= 11 is 6.33. The summed E-state index contributed by atoms with van der Waals surface area (Å²) in [5.41, 5.74) is 2.02. The number of carbonyl (C=O) groups excluding carboxylic acids is 3. The van der Waals surface area contributed by atoms with Gasteiger partial charge >= 0.3 is 0 Å². The highest BCUT2D eigenvalue weighted by Crippen LogP contribution is 2.61. The highest BCUT2D eigenvalue weighted by molar-refractivity contribution is 6.32. The zero-order valence-corrected chi connectivity index (χ0v) is 17.9. The van der Waals surface area contributed by atoms with Gasteiger partial charge in [0.1, 0.15) is 5.54 Å². The van der Waals surface area contributed by atoms with Crippen molar-refractivity contribution in [2.45, 2.75) is 37.9 Å². The maximum Gasteiger partial charge on any atom is 0.250 e. The summed E-state index contributed by atoms with van der Waals surface area (Å²) < 4.78 is 0. The van der Waals surface area contributed by atoms with E-state index in [0.717, 1.165) is 29.5 Å². The first-order valence-corrected chi connectivity index (χ1v) is 11.1. The van der Waals surface area contributed by atoms with Crippen LogP contribution in [0.1, 0.15) is 29.5 Å². The lowest BCUT2D eigenvalue weighted by atomic mass is 9.75. The summed E-state index contributed by atoms with van der Waals surface area (Å²) in [5, 5.41) is 3.59. The topological polar surface area (TPSA) is 69.7 Å². The summed E-state index contributed by atoms with van der Waals surface area (Å²) in [7, 11) is 0. The number of hydrogen-bond acceptors (Lipinski definition) is 4. The van der Waals surface area contributed by atoms with Crippen molar-refractivity contribution >= 4 is 35.0 Å². The van der Waals surface area contributed by atoms with Gasteiger partial charge in [-0.1, -0.05) is 48.0 Å². The van der Waals surface area contributed by atoms with E-state index in [0.29, 0.717) is 17.3 Å². The minimum absolute atomic E-state index is 0.102. The molecule has 3 fully saturated rings. The van der Waals surface area contributed by atoms with E-state index in [-0.39, 0.29) is 30.3 Å². The van der Waals surface area contributed by atoms with Gasteiger partial charge in [-0.25, -0.2) is 0 Å². The number of nitrogens with zero attached hydrogens (tertiary/aromatic N) is 2. The Bertz CT molecular complexity index is 1150. The molecule has 0 saturated carbocycles. The lowest BCUT2D eigenvalue weighted by Crippen LogP contribution is -2.54. The molecule has 4 aliphatic rings. The third-order valence-electron chi connectivity index (χ3n) is 7.64. The van der Waals surface area contributed by atoms with Gasteiger partial charge in [-0.3, -0.25) is 24.2 Å². The molecular formula is C24H22ClN3O3. The van der Waals surface area contributed by atoms with Crippen molar-refractivity contribution in [3.63, 3.8) is 0 Å². The van der Waals surface area contributed by atoms with Crippen LogP contribution in [0.4, 0.5) is 5.69 Å². The fourth-order valence-electron chi connectivity index (χ4n) is 6.37. The largest absolute Gasteiger partial charge is 0.324 e. The highest BCUT2D eigenvalue weighted by Gasteiger charge is 2.74. The van der Waals surface area contributed by atoms with Crippen LogP contribution in [0.15, 0.2) is 42.5 Å². The SMILES string of the molecule is Cc1c(Cl)ccc2c1NC(=O)[C@@]21[C@@H]2C(=O)N(Cc3ccccc3)C(=O)[C@H]2[C@H]2CCCN21. The maximum atomic E-state index is 13.8. The quantitative estimate of drug-likeness (QED) is 0.736. The summed E-state index contributed by atoms with van der Waals surface area (Å²) in [6, 6.07) is 13.1. The molecule has 0 radical (unpaired) electrons. The Morgan fingerprint density at radius 3 is 2.65 bits per heavy atom. The predicted molar refractivity (Wildman–Crippen MR) is 115 cm³/mol. The van der Waals surface area contributed by atoms with E-state index in [2.05, 4.69) is 10.2 Å². The molecule has 1 N–H and O–H groups in total. The number of likely N-dealkylation sites (tertiary alicyclic amines) is 1. The molecule has 4 atom stereocenters. The van der Waals surface area contributed by atoms with Crippen LogP contribution < -0.4 is 5.32 Å². The van der Waals surface area contributed by atoms with Crippen LogP contribution in [0.25, 0.3) is 0 Å². The molecule has 3 saturated heterocycles. The number of amides is 3. The fraction of sp³-hybridized carbons (Fsp3) is 0.375. The predicted octanol–water partition coefficient (Wildman–Crippen LogP) is 3.08. The Labute approximate surface area is 185 Å². The molecule has 4 aliphatic heterocycles. The van der Waals surface area contributed by atoms with Crippen molar-refractivity contribution in [1.82, 2.24) is 9.80 Å². The van der Waals surface area contributed by atoms with E-state index < -0.39 is 17.4 Å². The number of nitrogens with one attached hydrogen (secondary N) is 1. The van der Waals surface area contributed by atoms with Crippen molar-refractivity contribution < 1.29 is 14.4 Å². The Morgan fingerprint density at radius 2 is 1.87 bits per heavy atom. The van der Waals surface area contributed by atoms with E-state index in [1.807, 2.05) is 43.3 Å². The molecule has 31 heavy (non-hydrogen) atoms. The molecule has 1 spiro atoms. The Morgan fingerprint density at radius 1 is 1.10 bits per heavy atom. The number of benzene rings is 2. The van der Waals surface area contributed by atoms with Gasteiger partial charge < -0.3 is 5.32 Å². The van der Waals surface area contributed by atoms with Gasteiger partial charge in [0.25, 0.3) is 0 Å².